The number of rotatable bonds is 7. The third kappa shape index (κ3) is 5.33. The van der Waals surface area contributed by atoms with E-state index in [-0.39, 0.29) is 40.9 Å². The van der Waals surface area contributed by atoms with Crippen molar-refractivity contribution in [1.82, 2.24) is 4.98 Å². The molecule has 10 heteroatoms. The fraction of sp³-hybridized carbons (Fsp3) is 0.200. The van der Waals surface area contributed by atoms with Crippen molar-refractivity contribution in [3.63, 3.8) is 0 Å². The van der Waals surface area contributed by atoms with Crippen LogP contribution in [0.5, 0.6) is 11.5 Å². The van der Waals surface area contributed by atoms with Crippen molar-refractivity contribution in [3.8, 4) is 11.5 Å². The number of pyridine rings is 1. The molecule has 1 amide bonds. The second kappa shape index (κ2) is 7.81. The highest BCUT2D eigenvalue weighted by molar-refractivity contribution is 7.92. The number of carbonyl (C=O) groups is 1. The summed E-state index contributed by atoms with van der Waals surface area (Å²) in [5.74, 6) is -1.47. The molecule has 2 rings (SSSR count). The molecule has 1 aromatic carbocycles. The molecule has 0 saturated carbocycles. The summed E-state index contributed by atoms with van der Waals surface area (Å²) in [7, 11) is -2.25. The lowest BCUT2D eigenvalue weighted by Crippen LogP contribution is -2.21. The number of phenolic OH excluding ortho intramolecular Hbond substituents is 2. The van der Waals surface area contributed by atoms with Crippen LogP contribution in [0, 0.1) is 0 Å². The lowest BCUT2D eigenvalue weighted by Gasteiger charge is -2.09. The van der Waals surface area contributed by atoms with Crippen LogP contribution >= 0.6 is 0 Å². The Morgan fingerprint density at radius 3 is 2.64 bits per heavy atom. The van der Waals surface area contributed by atoms with Gasteiger partial charge in [-0.3, -0.25) is 9.52 Å². The van der Waals surface area contributed by atoms with E-state index in [1.165, 1.54) is 43.6 Å². The lowest BCUT2D eigenvalue weighted by molar-refractivity contribution is 0.102. The SMILES string of the molecule is COCCS(=O)(=O)Nc1cc(C(=O)Nc2ccc(O)c(O)c2)ccn1. The van der Waals surface area contributed by atoms with Crippen molar-refractivity contribution >= 4 is 27.4 Å². The van der Waals surface area contributed by atoms with Gasteiger partial charge in [0, 0.05) is 30.6 Å². The molecule has 0 atom stereocenters. The number of benzene rings is 1. The van der Waals surface area contributed by atoms with E-state index in [2.05, 4.69) is 15.0 Å². The quantitative estimate of drug-likeness (QED) is 0.425. The molecular weight excluding hydrogens is 350 g/mol. The van der Waals surface area contributed by atoms with Gasteiger partial charge in [-0.15, -0.1) is 0 Å². The molecule has 4 N–H and O–H groups in total. The molecule has 25 heavy (non-hydrogen) atoms. The van der Waals surface area contributed by atoms with Gasteiger partial charge < -0.3 is 20.3 Å². The first-order valence-corrected chi connectivity index (χ1v) is 8.75. The molecule has 9 nitrogen and oxygen atoms in total. The van der Waals surface area contributed by atoms with Crippen molar-refractivity contribution in [2.45, 2.75) is 0 Å². The number of carbonyl (C=O) groups excluding carboxylic acids is 1. The van der Waals surface area contributed by atoms with Crippen molar-refractivity contribution in [2.75, 3.05) is 29.5 Å². The van der Waals surface area contributed by atoms with E-state index in [9.17, 15) is 23.4 Å². The standard InChI is InChI=1S/C15H17N3O6S/c1-24-6-7-25(22,23)18-14-8-10(4-5-16-14)15(21)17-11-2-3-12(19)13(20)9-11/h2-5,8-9,19-20H,6-7H2,1H3,(H,16,18)(H,17,21). The van der Waals surface area contributed by atoms with Crippen LogP contribution in [-0.2, 0) is 14.8 Å². The summed E-state index contributed by atoms with van der Waals surface area (Å²) in [6, 6.07) is 6.50. The molecule has 1 heterocycles. The van der Waals surface area contributed by atoms with E-state index in [0.717, 1.165) is 0 Å². The third-order valence-electron chi connectivity index (χ3n) is 3.07. The van der Waals surface area contributed by atoms with Crippen LogP contribution < -0.4 is 10.0 Å². The molecule has 0 aliphatic rings. The Balaban J connectivity index is 2.12. The number of anilines is 2. The van der Waals surface area contributed by atoms with Crippen LogP contribution in [0.25, 0.3) is 0 Å². The Bertz CT molecular complexity index is 869. The van der Waals surface area contributed by atoms with Crippen LogP contribution in [0.15, 0.2) is 36.5 Å². The van der Waals surface area contributed by atoms with Crippen LogP contribution in [0.3, 0.4) is 0 Å². The number of aromatic hydroxyl groups is 2. The molecule has 0 radical (unpaired) electrons. The average molecular weight is 367 g/mol. The minimum atomic E-state index is -3.64. The van der Waals surface area contributed by atoms with Gasteiger partial charge in [0.2, 0.25) is 10.0 Å². The second-order valence-corrected chi connectivity index (χ2v) is 6.84. The number of hydrogen-bond acceptors (Lipinski definition) is 7. The number of ether oxygens (including phenoxy) is 1. The van der Waals surface area contributed by atoms with E-state index < -0.39 is 15.9 Å². The van der Waals surface area contributed by atoms with Crippen LogP contribution in [0.2, 0.25) is 0 Å². The monoisotopic (exact) mass is 367 g/mol. The predicted molar refractivity (Wildman–Crippen MR) is 91.2 cm³/mol. The molecule has 134 valence electrons. The Kier molecular flexibility index (Phi) is 5.78. The number of nitrogens with zero attached hydrogens (tertiary/aromatic N) is 1. The van der Waals surface area contributed by atoms with Gasteiger partial charge in [0.15, 0.2) is 11.5 Å². The highest BCUT2D eigenvalue weighted by Gasteiger charge is 2.13. The summed E-state index contributed by atoms with van der Waals surface area (Å²) in [6.45, 7) is 0.0276. The smallest absolute Gasteiger partial charge is 0.255 e. The first kappa shape index (κ1) is 18.5. The normalized spacial score (nSPS) is 11.1. The molecule has 2 aromatic rings. The van der Waals surface area contributed by atoms with Gasteiger partial charge in [0.1, 0.15) is 5.82 Å². The Morgan fingerprint density at radius 1 is 1.20 bits per heavy atom. The lowest BCUT2D eigenvalue weighted by atomic mass is 10.2. The number of aromatic nitrogens is 1. The van der Waals surface area contributed by atoms with Crippen molar-refractivity contribution in [2.24, 2.45) is 0 Å². The van der Waals surface area contributed by atoms with Gasteiger partial charge in [-0.1, -0.05) is 0 Å². The minimum absolute atomic E-state index is 0.00249. The fourth-order valence-electron chi connectivity index (χ4n) is 1.84. The zero-order valence-electron chi connectivity index (χ0n) is 13.3. The van der Waals surface area contributed by atoms with Gasteiger partial charge in [-0.2, -0.15) is 0 Å². The average Bonchev–Trinajstić information content (AvgIpc) is 2.56. The van der Waals surface area contributed by atoms with Gasteiger partial charge in [-0.05, 0) is 24.3 Å². The summed E-state index contributed by atoms with van der Waals surface area (Å²) >= 11 is 0. The van der Waals surface area contributed by atoms with Crippen LogP contribution in [0.1, 0.15) is 10.4 Å². The molecule has 1 aromatic heterocycles. The van der Waals surface area contributed by atoms with Gasteiger partial charge in [-0.25, -0.2) is 13.4 Å². The second-order valence-electron chi connectivity index (χ2n) is 5.00. The largest absolute Gasteiger partial charge is 0.504 e. The predicted octanol–water partition coefficient (Wildman–Crippen LogP) is 1.13. The summed E-state index contributed by atoms with van der Waals surface area (Å²) in [5, 5.41) is 21.2. The molecule has 0 unspecified atom stereocenters. The van der Waals surface area contributed by atoms with Crippen LogP contribution in [0.4, 0.5) is 11.5 Å². The number of phenols is 2. The molecule has 0 aliphatic carbocycles. The highest BCUT2D eigenvalue weighted by atomic mass is 32.2. The minimum Gasteiger partial charge on any atom is -0.504 e. The maximum atomic E-state index is 12.2. The summed E-state index contributed by atoms with van der Waals surface area (Å²) in [6.07, 6.45) is 1.29. The Labute approximate surface area is 144 Å². The summed E-state index contributed by atoms with van der Waals surface area (Å²) in [4.78, 5) is 16.1. The first-order chi connectivity index (χ1) is 11.8. The van der Waals surface area contributed by atoms with Gasteiger partial charge in [0.05, 0.1) is 12.4 Å². The fourth-order valence-corrected chi connectivity index (χ4v) is 2.75. The van der Waals surface area contributed by atoms with Gasteiger partial charge in [0.25, 0.3) is 5.91 Å². The number of nitrogens with one attached hydrogen (secondary N) is 2. The molecule has 0 saturated heterocycles. The number of methoxy groups -OCH3 is 1. The molecule has 0 spiro atoms. The summed E-state index contributed by atoms with van der Waals surface area (Å²) in [5.41, 5.74) is 0.423. The third-order valence-corrected chi connectivity index (χ3v) is 4.30. The van der Waals surface area contributed by atoms with Crippen molar-refractivity contribution < 1.29 is 28.2 Å². The summed E-state index contributed by atoms with van der Waals surface area (Å²) < 4.78 is 30.6. The van der Waals surface area contributed by atoms with E-state index >= 15 is 0 Å². The zero-order valence-corrected chi connectivity index (χ0v) is 14.1. The van der Waals surface area contributed by atoms with E-state index in [4.69, 9.17) is 4.74 Å². The Hall–Kier alpha value is -2.85. The van der Waals surface area contributed by atoms with Gasteiger partial charge >= 0.3 is 0 Å². The molecule has 0 bridgehead atoms. The number of amides is 1. The van der Waals surface area contributed by atoms with E-state index in [1.807, 2.05) is 0 Å². The van der Waals surface area contributed by atoms with Crippen LogP contribution in [-0.4, -0.2) is 49.0 Å². The van der Waals surface area contributed by atoms with E-state index in [0.29, 0.717) is 0 Å². The van der Waals surface area contributed by atoms with Crippen molar-refractivity contribution in [1.29, 1.82) is 0 Å². The topological polar surface area (TPSA) is 138 Å². The number of sulfonamides is 1. The maximum absolute atomic E-state index is 12.2. The molecule has 0 fully saturated rings. The highest BCUT2D eigenvalue weighted by Crippen LogP contribution is 2.27. The Morgan fingerprint density at radius 2 is 1.96 bits per heavy atom. The first-order valence-electron chi connectivity index (χ1n) is 7.09. The molecule has 0 aliphatic heterocycles. The zero-order chi connectivity index (χ0) is 18.4. The van der Waals surface area contributed by atoms with E-state index in [1.54, 1.807) is 0 Å². The molecular formula is C15H17N3O6S. The number of hydrogen-bond donors (Lipinski definition) is 4. The maximum Gasteiger partial charge on any atom is 0.255 e. The van der Waals surface area contributed by atoms with Crippen molar-refractivity contribution in [3.05, 3.63) is 42.1 Å².